The number of aromatic nitrogens is 1. The van der Waals surface area contributed by atoms with E-state index in [1.54, 1.807) is 0 Å². The van der Waals surface area contributed by atoms with E-state index in [2.05, 4.69) is 47.7 Å². The zero-order valence-electron chi connectivity index (χ0n) is 14.4. The Balaban J connectivity index is 1.28. The SMILES string of the molecule is CCc1ccc(-c2cc(CNC34CC5CC(CC3C5)C4)no2)cc1. The maximum absolute atomic E-state index is 5.59. The molecular formula is C21H26N2O. The molecule has 24 heavy (non-hydrogen) atoms. The quantitative estimate of drug-likeness (QED) is 0.876. The molecule has 3 nitrogen and oxygen atoms in total. The molecule has 126 valence electrons. The van der Waals surface area contributed by atoms with Crippen LogP contribution >= 0.6 is 0 Å². The summed E-state index contributed by atoms with van der Waals surface area (Å²) in [5.41, 5.74) is 3.91. The first-order chi connectivity index (χ1) is 11.7. The lowest BCUT2D eigenvalue weighted by molar-refractivity contribution is 0.231. The predicted molar refractivity (Wildman–Crippen MR) is 94.4 cm³/mol. The molecule has 1 aromatic heterocycles. The van der Waals surface area contributed by atoms with Gasteiger partial charge in [-0.15, -0.1) is 0 Å². The molecule has 3 heteroatoms. The van der Waals surface area contributed by atoms with E-state index in [-0.39, 0.29) is 0 Å². The van der Waals surface area contributed by atoms with Crippen LogP contribution in [0.15, 0.2) is 34.9 Å². The molecule has 1 aromatic carbocycles. The average Bonchev–Trinajstić information content (AvgIpc) is 3.23. The number of nitrogens with one attached hydrogen (secondary N) is 1. The third kappa shape index (κ3) is 2.33. The number of nitrogens with zero attached hydrogens (tertiary/aromatic N) is 1. The fourth-order valence-corrected chi connectivity index (χ4v) is 5.79. The minimum absolute atomic E-state index is 0.412. The van der Waals surface area contributed by atoms with Gasteiger partial charge in [-0.3, -0.25) is 0 Å². The lowest BCUT2D eigenvalue weighted by Crippen LogP contribution is -2.45. The summed E-state index contributed by atoms with van der Waals surface area (Å²) in [7, 11) is 0. The maximum atomic E-state index is 5.59. The Kier molecular flexibility index (Phi) is 3.34. The third-order valence-electron chi connectivity index (χ3n) is 6.82. The van der Waals surface area contributed by atoms with E-state index in [1.807, 2.05) is 0 Å². The smallest absolute Gasteiger partial charge is 0.167 e. The molecule has 4 saturated carbocycles. The van der Waals surface area contributed by atoms with Gasteiger partial charge in [0.2, 0.25) is 0 Å². The van der Waals surface area contributed by atoms with Crippen molar-refractivity contribution in [2.75, 3.05) is 0 Å². The molecule has 2 unspecified atom stereocenters. The van der Waals surface area contributed by atoms with Crippen molar-refractivity contribution < 1.29 is 4.52 Å². The van der Waals surface area contributed by atoms with E-state index in [0.29, 0.717) is 5.54 Å². The van der Waals surface area contributed by atoms with Gasteiger partial charge >= 0.3 is 0 Å². The Morgan fingerprint density at radius 1 is 1.12 bits per heavy atom. The number of hydrogen-bond donors (Lipinski definition) is 1. The molecule has 4 aliphatic rings. The van der Waals surface area contributed by atoms with E-state index >= 15 is 0 Å². The molecule has 4 bridgehead atoms. The van der Waals surface area contributed by atoms with Gasteiger partial charge in [-0.25, -0.2) is 0 Å². The number of rotatable bonds is 5. The summed E-state index contributed by atoms with van der Waals surface area (Å²) in [6.07, 6.45) is 8.24. The first-order valence-corrected chi connectivity index (χ1v) is 9.54. The fraction of sp³-hybridized carbons (Fsp3) is 0.571. The van der Waals surface area contributed by atoms with E-state index in [0.717, 1.165) is 47.7 Å². The minimum atomic E-state index is 0.412. The Labute approximate surface area is 143 Å². The zero-order chi connectivity index (χ0) is 16.1. The van der Waals surface area contributed by atoms with Crippen molar-refractivity contribution in [3.63, 3.8) is 0 Å². The van der Waals surface area contributed by atoms with Crippen molar-refractivity contribution in [3.05, 3.63) is 41.6 Å². The summed E-state index contributed by atoms with van der Waals surface area (Å²) in [4.78, 5) is 0. The Hall–Kier alpha value is -1.61. The monoisotopic (exact) mass is 322 g/mol. The highest BCUT2D eigenvalue weighted by molar-refractivity contribution is 5.57. The van der Waals surface area contributed by atoms with Gasteiger partial charge in [0.1, 0.15) is 0 Å². The van der Waals surface area contributed by atoms with E-state index in [1.165, 1.54) is 37.7 Å². The Bertz CT molecular complexity index is 719. The molecule has 1 N–H and O–H groups in total. The van der Waals surface area contributed by atoms with Gasteiger partial charge in [-0.1, -0.05) is 36.3 Å². The van der Waals surface area contributed by atoms with Crippen LogP contribution < -0.4 is 5.32 Å². The standard InChI is InChI=1S/C21H26N2O/c1-2-14-3-5-17(6-4-14)20-10-19(23-24-20)13-22-21-11-15-7-16(12-21)9-18(21)8-15/h3-6,10,15-16,18,22H,2,7-9,11-13H2,1H3. The van der Waals surface area contributed by atoms with Gasteiger partial charge in [0, 0.05) is 23.7 Å². The highest BCUT2D eigenvalue weighted by Crippen LogP contribution is 2.60. The van der Waals surface area contributed by atoms with Crippen molar-refractivity contribution >= 4 is 0 Å². The maximum Gasteiger partial charge on any atom is 0.167 e. The Morgan fingerprint density at radius 2 is 1.88 bits per heavy atom. The zero-order valence-corrected chi connectivity index (χ0v) is 14.4. The van der Waals surface area contributed by atoms with Gasteiger partial charge in [-0.2, -0.15) is 0 Å². The van der Waals surface area contributed by atoms with Crippen molar-refractivity contribution in [1.82, 2.24) is 10.5 Å². The summed E-state index contributed by atoms with van der Waals surface area (Å²) in [6, 6.07) is 10.7. The van der Waals surface area contributed by atoms with Gasteiger partial charge in [-0.05, 0) is 61.8 Å². The molecule has 2 aromatic rings. The van der Waals surface area contributed by atoms with Crippen LogP contribution in [0, 0.1) is 17.8 Å². The molecule has 0 spiro atoms. The van der Waals surface area contributed by atoms with Crippen LogP contribution in [-0.4, -0.2) is 10.7 Å². The van der Waals surface area contributed by atoms with Crippen molar-refractivity contribution in [2.24, 2.45) is 17.8 Å². The van der Waals surface area contributed by atoms with Crippen molar-refractivity contribution in [2.45, 2.75) is 57.5 Å². The largest absolute Gasteiger partial charge is 0.356 e. The summed E-state index contributed by atoms with van der Waals surface area (Å²) < 4.78 is 5.59. The van der Waals surface area contributed by atoms with E-state index in [4.69, 9.17) is 4.52 Å². The van der Waals surface area contributed by atoms with Crippen molar-refractivity contribution in [3.8, 4) is 11.3 Å². The summed E-state index contributed by atoms with van der Waals surface area (Å²) in [5.74, 6) is 3.76. The second-order valence-electron chi connectivity index (χ2n) is 8.29. The lowest BCUT2D eigenvalue weighted by atomic mass is 9.80. The molecule has 0 amide bonds. The van der Waals surface area contributed by atoms with Gasteiger partial charge in [0.25, 0.3) is 0 Å². The van der Waals surface area contributed by atoms with Crippen LogP contribution in [0.3, 0.4) is 0 Å². The molecule has 4 aliphatic carbocycles. The third-order valence-corrected chi connectivity index (χ3v) is 6.82. The lowest BCUT2D eigenvalue weighted by Gasteiger charge is -2.33. The van der Waals surface area contributed by atoms with Crippen LogP contribution in [-0.2, 0) is 13.0 Å². The topological polar surface area (TPSA) is 38.1 Å². The average molecular weight is 322 g/mol. The molecule has 4 fully saturated rings. The van der Waals surface area contributed by atoms with Crippen LogP contribution in [0.5, 0.6) is 0 Å². The van der Waals surface area contributed by atoms with Crippen LogP contribution in [0.4, 0.5) is 0 Å². The number of benzene rings is 1. The molecule has 0 saturated heterocycles. The molecule has 0 aliphatic heterocycles. The van der Waals surface area contributed by atoms with Gasteiger partial charge in [0.05, 0.1) is 5.69 Å². The minimum Gasteiger partial charge on any atom is -0.356 e. The first kappa shape index (κ1) is 14.7. The molecular weight excluding hydrogens is 296 g/mol. The summed E-state index contributed by atoms with van der Waals surface area (Å²) in [5, 5.41) is 8.19. The second kappa shape index (κ2) is 5.45. The first-order valence-electron chi connectivity index (χ1n) is 9.54. The van der Waals surface area contributed by atoms with Crippen molar-refractivity contribution in [1.29, 1.82) is 0 Å². The van der Waals surface area contributed by atoms with E-state index < -0.39 is 0 Å². The fourth-order valence-electron chi connectivity index (χ4n) is 5.79. The molecule has 2 atom stereocenters. The van der Waals surface area contributed by atoms with Gasteiger partial charge in [0.15, 0.2) is 5.76 Å². The van der Waals surface area contributed by atoms with E-state index in [9.17, 15) is 0 Å². The van der Waals surface area contributed by atoms with Crippen LogP contribution in [0.2, 0.25) is 0 Å². The highest BCUT2D eigenvalue weighted by atomic mass is 16.5. The molecule has 0 radical (unpaired) electrons. The highest BCUT2D eigenvalue weighted by Gasteiger charge is 2.57. The van der Waals surface area contributed by atoms with Crippen LogP contribution in [0.1, 0.15) is 50.3 Å². The predicted octanol–water partition coefficient (Wildman–Crippen LogP) is 4.57. The second-order valence-corrected chi connectivity index (χ2v) is 8.29. The molecule has 1 heterocycles. The number of aryl methyl sites for hydroxylation is 1. The normalized spacial score (nSPS) is 33.5. The van der Waals surface area contributed by atoms with Crippen LogP contribution in [0.25, 0.3) is 11.3 Å². The summed E-state index contributed by atoms with van der Waals surface area (Å²) in [6.45, 7) is 3.02. The number of hydrogen-bond acceptors (Lipinski definition) is 3. The summed E-state index contributed by atoms with van der Waals surface area (Å²) >= 11 is 0. The molecule has 6 rings (SSSR count). The van der Waals surface area contributed by atoms with Gasteiger partial charge < -0.3 is 9.84 Å². The Morgan fingerprint density at radius 3 is 2.58 bits per heavy atom.